The quantitative estimate of drug-likeness (QED) is 0.473. The lowest BCUT2D eigenvalue weighted by molar-refractivity contribution is -0.164. The third kappa shape index (κ3) is 6.15. The Labute approximate surface area is 247 Å². The number of amides is 1. The largest absolute Gasteiger partial charge is 0.489 e. The Kier molecular flexibility index (Phi) is 8.47. The second-order valence-corrected chi connectivity index (χ2v) is 13.2. The summed E-state index contributed by atoms with van der Waals surface area (Å²) >= 11 is 6.20. The van der Waals surface area contributed by atoms with Crippen LogP contribution in [0, 0.1) is 22.2 Å². The molecule has 1 aromatic carbocycles. The molecule has 0 spiro atoms. The van der Waals surface area contributed by atoms with E-state index in [0.717, 1.165) is 51.6 Å². The minimum atomic E-state index is -0.357. The number of aliphatic hydroxyl groups is 1. The van der Waals surface area contributed by atoms with Crippen LogP contribution in [-0.2, 0) is 4.74 Å². The highest BCUT2D eigenvalue weighted by Gasteiger charge is 2.64. The molecular weight excluding hydrogens is 542 g/mol. The first-order valence-electron chi connectivity index (χ1n) is 14.6. The molecular formula is C31H40ClN5O4. The van der Waals surface area contributed by atoms with Crippen LogP contribution >= 0.6 is 11.6 Å². The van der Waals surface area contributed by atoms with Crippen molar-refractivity contribution >= 4 is 23.5 Å². The number of ether oxygens (including phenoxy) is 2. The second-order valence-electron chi connectivity index (χ2n) is 12.8. The fraction of sp³-hybridized carbons (Fsp3) is 0.613. The molecule has 0 bridgehead atoms. The Balaban J connectivity index is 1.14. The minimum absolute atomic E-state index is 0.146. The number of nitrogens with one attached hydrogen (secondary N) is 1. The predicted molar refractivity (Wildman–Crippen MR) is 156 cm³/mol. The molecule has 0 radical (unpaired) electrons. The molecule has 2 aliphatic carbocycles. The third-order valence-electron chi connectivity index (χ3n) is 9.08. The van der Waals surface area contributed by atoms with Crippen molar-refractivity contribution in [3.05, 3.63) is 46.7 Å². The molecule has 0 unspecified atom stereocenters. The summed E-state index contributed by atoms with van der Waals surface area (Å²) in [5, 5.41) is 22.4. The number of carbonyl (C=O) groups excluding carboxylic acids is 1. The highest BCUT2D eigenvalue weighted by Crippen LogP contribution is 2.55. The molecule has 5 rings (SSSR count). The van der Waals surface area contributed by atoms with Crippen LogP contribution in [0.2, 0.25) is 5.02 Å². The van der Waals surface area contributed by atoms with Gasteiger partial charge < -0.3 is 24.8 Å². The molecule has 2 aromatic rings. The molecule has 1 aliphatic heterocycles. The molecule has 9 nitrogen and oxygen atoms in total. The lowest BCUT2D eigenvalue weighted by atomic mass is 9.49. The number of halogens is 1. The van der Waals surface area contributed by atoms with Gasteiger partial charge in [0.25, 0.3) is 5.91 Å². The first-order chi connectivity index (χ1) is 19.5. The maximum Gasteiger partial charge on any atom is 0.254 e. The van der Waals surface area contributed by atoms with Gasteiger partial charge in [-0.2, -0.15) is 5.26 Å². The maximum absolute atomic E-state index is 13.2. The number of benzene rings is 1. The van der Waals surface area contributed by atoms with Gasteiger partial charge in [-0.3, -0.25) is 4.79 Å². The number of nitriles is 1. The van der Waals surface area contributed by atoms with E-state index in [-0.39, 0.29) is 47.2 Å². The van der Waals surface area contributed by atoms with Crippen molar-refractivity contribution in [2.75, 3.05) is 18.0 Å². The van der Waals surface area contributed by atoms with Gasteiger partial charge in [0.2, 0.25) is 5.95 Å². The lowest BCUT2D eigenvalue weighted by Crippen LogP contribution is -2.74. The third-order valence-corrected chi connectivity index (χ3v) is 9.40. The number of rotatable bonds is 7. The number of hydrogen-bond acceptors (Lipinski definition) is 8. The first kappa shape index (κ1) is 29.6. The molecule has 3 aliphatic rings. The minimum Gasteiger partial charge on any atom is -0.489 e. The van der Waals surface area contributed by atoms with Crippen LogP contribution in [0.15, 0.2) is 30.6 Å². The van der Waals surface area contributed by atoms with E-state index in [0.29, 0.717) is 27.8 Å². The van der Waals surface area contributed by atoms with Gasteiger partial charge >= 0.3 is 0 Å². The first-order valence-corrected chi connectivity index (χ1v) is 14.9. The van der Waals surface area contributed by atoms with E-state index in [1.54, 1.807) is 30.6 Å². The van der Waals surface area contributed by atoms with Crippen molar-refractivity contribution in [3.8, 4) is 11.8 Å². The average molecular weight is 582 g/mol. The van der Waals surface area contributed by atoms with E-state index in [9.17, 15) is 9.90 Å². The van der Waals surface area contributed by atoms with Crippen molar-refractivity contribution in [2.24, 2.45) is 10.8 Å². The molecule has 2 saturated carbocycles. The number of carbonyl (C=O) groups is 1. The Bertz CT molecular complexity index is 1260. The van der Waals surface area contributed by atoms with Gasteiger partial charge in [-0.25, -0.2) is 9.97 Å². The Morgan fingerprint density at radius 3 is 2.24 bits per heavy atom. The topological polar surface area (TPSA) is 121 Å². The molecule has 41 heavy (non-hydrogen) atoms. The molecule has 3 fully saturated rings. The van der Waals surface area contributed by atoms with Crippen molar-refractivity contribution in [1.29, 1.82) is 5.26 Å². The van der Waals surface area contributed by atoms with Gasteiger partial charge in [0.05, 0.1) is 34.5 Å². The second kappa shape index (κ2) is 11.7. The van der Waals surface area contributed by atoms with Gasteiger partial charge in [-0.05, 0) is 50.7 Å². The lowest BCUT2D eigenvalue weighted by Gasteiger charge is -2.63. The average Bonchev–Trinajstić information content (AvgIpc) is 2.96. The summed E-state index contributed by atoms with van der Waals surface area (Å²) in [7, 11) is 0. The van der Waals surface area contributed by atoms with E-state index in [1.807, 2.05) is 0 Å². The summed E-state index contributed by atoms with van der Waals surface area (Å²) in [6, 6.07) is 6.98. The van der Waals surface area contributed by atoms with Crippen molar-refractivity contribution in [2.45, 2.75) is 96.7 Å². The summed E-state index contributed by atoms with van der Waals surface area (Å²) in [6.45, 7) is 9.91. The Hall–Kier alpha value is -2.93. The Morgan fingerprint density at radius 2 is 1.66 bits per heavy atom. The predicted octanol–water partition coefficient (Wildman–Crippen LogP) is 4.90. The number of piperidine rings is 1. The number of aromatic nitrogens is 2. The fourth-order valence-electron chi connectivity index (χ4n) is 7.06. The molecule has 0 atom stereocenters. The highest BCUT2D eigenvalue weighted by molar-refractivity contribution is 6.31. The van der Waals surface area contributed by atoms with Gasteiger partial charge in [0, 0.05) is 48.4 Å². The molecule has 1 aromatic heterocycles. The molecule has 220 valence electrons. The fourth-order valence-corrected chi connectivity index (χ4v) is 7.27. The summed E-state index contributed by atoms with van der Waals surface area (Å²) in [5.41, 5.74) is 0.107. The molecule has 10 heteroatoms. The molecule has 1 amide bonds. The molecule has 2 N–H and O–H groups in total. The van der Waals surface area contributed by atoms with Gasteiger partial charge in [-0.15, -0.1) is 0 Å². The summed E-state index contributed by atoms with van der Waals surface area (Å²) in [4.78, 5) is 24.4. The van der Waals surface area contributed by atoms with Gasteiger partial charge in [0.1, 0.15) is 17.9 Å². The standard InChI is InChI=1S/C31H40ClN5O4/c1-30(2)27(31(3,4)28(30)41-24-8-5-19(16-33)25(32)15-24)36-26(39)20-17-34-29(35-18-20)37-13-11-23(12-14-37)40-22-9-6-21(38)7-10-22/h5,8,15,17-18,21-23,27-28,38H,6-7,9-14H2,1-4H3,(H,36,39). The summed E-state index contributed by atoms with van der Waals surface area (Å²) in [6.07, 6.45) is 8.67. The highest BCUT2D eigenvalue weighted by atomic mass is 35.5. The van der Waals surface area contributed by atoms with Crippen LogP contribution in [0.25, 0.3) is 0 Å². The van der Waals surface area contributed by atoms with E-state index in [1.165, 1.54) is 0 Å². The zero-order valence-corrected chi connectivity index (χ0v) is 25.0. The zero-order chi connectivity index (χ0) is 29.4. The van der Waals surface area contributed by atoms with E-state index in [2.05, 4.69) is 53.9 Å². The number of nitrogens with zero attached hydrogens (tertiary/aromatic N) is 4. The van der Waals surface area contributed by atoms with Gasteiger partial charge in [0.15, 0.2) is 0 Å². The van der Waals surface area contributed by atoms with Crippen LogP contribution in [0.5, 0.6) is 5.75 Å². The normalized spacial score (nSPS) is 27.4. The zero-order valence-electron chi connectivity index (χ0n) is 24.3. The van der Waals surface area contributed by atoms with Crippen molar-refractivity contribution in [3.63, 3.8) is 0 Å². The Morgan fingerprint density at radius 1 is 1.05 bits per heavy atom. The van der Waals surface area contributed by atoms with Gasteiger partial charge in [-0.1, -0.05) is 39.3 Å². The maximum atomic E-state index is 13.2. The number of anilines is 1. The van der Waals surface area contributed by atoms with Crippen molar-refractivity contribution < 1.29 is 19.4 Å². The molecule has 1 saturated heterocycles. The van der Waals surface area contributed by atoms with Crippen LogP contribution in [0.1, 0.15) is 82.1 Å². The monoisotopic (exact) mass is 581 g/mol. The van der Waals surface area contributed by atoms with Crippen molar-refractivity contribution in [1.82, 2.24) is 15.3 Å². The summed E-state index contributed by atoms with van der Waals surface area (Å²) < 4.78 is 12.6. The summed E-state index contributed by atoms with van der Waals surface area (Å²) in [5.74, 6) is 1.00. The van der Waals surface area contributed by atoms with Crippen LogP contribution in [-0.4, -0.2) is 64.5 Å². The molecule has 2 heterocycles. The van der Waals surface area contributed by atoms with E-state index >= 15 is 0 Å². The number of aliphatic hydroxyl groups excluding tert-OH is 1. The number of hydrogen-bond donors (Lipinski definition) is 2. The van der Waals surface area contributed by atoms with Crippen LogP contribution < -0.4 is 15.0 Å². The SMILES string of the molecule is CC1(C)C(NC(=O)c2cnc(N3CCC(OC4CCC(O)CC4)CC3)nc2)C(C)(C)C1Oc1ccc(C#N)c(Cl)c1. The van der Waals surface area contributed by atoms with E-state index in [4.69, 9.17) is 26.3 Å². The van der Waals surface area contributed by atoms with E-state index < -0.39 is 0 Å². The smallest absolute Gasteiger partial charge is 0.254 e. The van der Waals surface area contributed by atoms with Crippen LogP contribution in [0.3, 0.4) is 0 Å². The van der Waals surface area contributed by atoms with Crippen LogP contribution in [0.4, 0.5) is 5.95 Å².